The molecule has 29 heavy (non-hydrogen) atoms. The summed E-state index contributed by atoms with van der Waals surface area (Å²) in [5, 5.41) is 4.92. The number of rotatable bonds is 6. The van der Waals surface area contributed by atoms with E-state index < -0.39 is 0 Å². The van der Waals surface area contributed by atoms with E-state index in [1.54, 1.807) is 30.3 Å². The third kappa shape index (κ3) is 5.63. The first kappa shape index (κ1) is 21.4. The maximum Gasteiger partial charge on any atom is 0.277 e. The number of nitrogens with one attached hydrogen (secondary N) is 1. The Morgan fingerprint density at radius 3 is 2.72 bits per heavy atom. The molecule has 1 N–H and O–H groups in total. The number of amides is 1. The van der Waals surface area contributed by atoms with Crippen LogP contribution in [0.4, 0.5) is 0 Å². The molecule has 0 unspecified atom stereocenters. The van der Waals surface area contributed by atoms with E-state index >= 15 is 0 Å². The fourth-order valence-electron chi connectivity index (χ4n) is 2.68. The fourth-order valence-corrected chi connectivity index (χ4v) is 3.97. The highest BCUT2D eigenvalue weighted by molar-refractivity contribution is 9.10. The number of hydrogen-bond donors (Lipinski definition) is 1. The molecule has 2 aromatic carbocycles. The Labute approximate surface area is 186 Å². The van der Waals surface area contributed by atoms with E-state index in [0.29, 0.717) is 32.9 Å². The Hall–Kier alpha value is -2.28. The van der Waals surface area contributed by atoms with Gasteiger partial charge in [0.1, 0.15) is 17.3 Å². The molecule has 0 atom stereocenters. The molecular formula is C21H17BrCl2N2O3. The van der Waals surface area contributed by atoms with Crippen molar-refractivity contribution < 1.29 is 13.9 Å². The minimum Gasteiger partial charge on any atom is -0.482 e. The Kier molecular flexibility index (Phi) is 7.00. The van der Waals surface area contributed by atoms with Crippen molar-refractivity contribution >= 4 is 51.3 Å². The number of hydrogen-bond acceptors (Lipinski definition) is 4. The zero-order valence-electron chi connectivity index (χ0n) is 15.6. The van der Waals surface area contributed by atoms with Crippen molar-refractivity contribution in [1.29, 1.82) is 0 Å². The second kappa shape index (κ2) is 9.48. The van der Waals surface area contributed by atoms with E-state index in [4.69, 9.17) is 32.4 Å². The molecule has 1 heterocycles. The van der Waals surface area contributed by atoms with Crippen molar-refractivity contribution in [3.8, 4) is 17.1 Å². The zero-order valence-corrected chi connectivity index (χ0v) is 18.7. The first-order chi connectivity index (χ1) is 13.8. The van der Waals surface area contributed by atoms with E-state index in [-0.39, 0.29) is 12.5 Å². The standard InChI is InChI=1S/C21H17BrCl2N2O3/c1-12-7-13(2)21(17(22)8-12)28-11-20(27)26-25-10-15-4-6-19(29-15)16-5-3-14(23)9-18(16)24/h3-10H,11H2,1-2H3,(H,26,27)/b25-10-. The van der Waals surface area contributed by atoms with Crippen LogP contribution in [0, 0.1) is 13.8 Å². The van der Waals surface area contributed by atoms with Gasteiger partial charge in [0.2, 0.25) is 0 Å². The van der Waals surface area contributed by atoms with Gasteiger partial charge in [0.25, 0.3) is 5.91 Å². The number of halogens is 3. The molecule has 0 aliphatic heterocycles. The highest BCUT2D eigenvalue weighted by Crippen LogP contribution is 2.31. The van der Waals surface area contributed by atoms with E-state index in [1.807, 2.05) is 26.0 Å². The summed E-state index contributed by atoms with van der Waals surface area (Å²) in [4.78, 5) is 12.0. The lowest BCUT2D eigenvalue weighted by Gasteiger charge is -2.11. The lowest BCUT2D eigenvalue weighted by atomic mass is 10.1. The van der Waals surface area contributed by atoms with Gasteiger partial charge in [-0.15, -0.1) is 0 Å². The Morgan fingerprint density at radius 2 is 2.00 bits per heavy atom. The van der Waals surface area contributed by atoms with Crippen molar-refractivity contribution in [2.24, 2.45) is 5.10 Å². The average Bonchev–Trinajstić information content (AvgIpc) is 3.09. The summed E-state index contributed by atoms with van der Waals surface area (Å²) in [6.07, 6.45) is 1.40. The SMILES string of the molecule is Cc1cc(C)c(OCC(=O)N/N=C\c2ccc(-c3ccc(Cl)cc3Cl)o2)c(Br)c1. The lowest BCUT2D eigenvalue weighted by molar-refractivity contribution is -0.123. The van der Waals surface area contributed by atoms with E-state index in [1.165, 1.54) is 6.21 Å². The quantitative estimate of drug-likeness (QED) is 0.329. The molecule has 1 aromatic heterocycles. The summed E-state index contributed by atoms with van der Waals surface area (Å²) in [6.45, 7) is 3.75. The molecular weight excluding hydrogens is 479 g/mol. The summed E-state index contributed by atoms with van der Waals surface area (Å²) < 4.78 is 12.1. The van der Waals surface area contributed by atoms with Crippen molar-refractivity contribution in [2.75, 3.05) is 6.61 Å². The molecule has 1 amide bonds. The summed E-state index contributed by atoms with van der Waals surface area (Å²) in [5.41, 5.74) is 5.17. The molecule has 3 rings (SSSR count). The summed E-state index contributed by atoms with van der Waals surface area (Å²) in [5.74, 6) is 1.28. The van der Waals surface area contributed by atoms with Crippen LogP contribution in [0.3, 0.4) is 0 Å². The summed E-state index contributed by atoms with van der Waals surface area (Å²) in [6, 6.07) is 12.5. The van der Waals surface area contributed by atoms with Gasteiger partial charge in [-0.3, -0.25) is 4.79 Å². The van der Waals surface area contributed by atoms with Gasteiger partial charge < -0.3 is 9.15 Å². The number of ether oxygens (including phenoxy) is 1. The molecule has 0 saturated carbocycles. The van der Waals surface area contributed by atoms with Gasteiger partial charge >= 0.3 is 0 Å². The van der Waals surface area contributed by atoms with Crippen molar-refractivity contribution in [3.05, 3.63) is 73.9 Å². The van der Waals surface area contributed by atoms with Crippen LogP contribution < -0.4 is 10.2 Å². The van der Waals surface area contributed by atoms with E-state index in [2.05, 4.69) is 26.5 Å². The van der Waals surface area contributed by atoms with Crippen molar-refractivity contribution in [2.45, 2.75) is 13.8 Å². The number of hydrazone groups is 1. The third-order valence-electron chi connectivity index (χ3n) is 3.93. The molecule has 0 bridgehead atoms. The summed E-state index contributed by atoms with van der Waals surface area (Å²) in [7, 11) is 0. The maximum atomic E-state index is 12.0. The number of carbonyl (C=O) groups excluding carboxylic acids is 1. The molecule has 0 saturated heterocycles. The molecule has 3 aromatic rings. The molecule has 8 heteroatoms. The minimum absolute atomic E-state index is 0.163. The Morgan fingerprint density at radius 1 is 1.21 bits per heavy atom. The van der Waals surface area contributed by atoms with Crippen LogP contribution >= 0.6 is 39.1 Å². The molecule has 0 aliphatic rings. The van der Waals surface area contributed by atoms with Crippen LogP contribution in [0.25, 0.3) is 11.3 Å². The lowest BCUT2D eigenvalue weighted by Crippen LogP contribution is -2.24. The first-order valence-electron chi connectivity index (χ1n) is 8.60. The number of carbonyl (C=O) groups is 1. The third-order valence-corrected chi connectivity index (χ3v) is 5.06. The van der Waals surface area contributed by atoms with Gasteiger partial charge in [-0.2, -0.15) is 5.10 Å². The largest absolute Gasteiger partial charge is 0.482 e. The maximum absolute atomic E-state index is 12.0. The van der Waals surface area contributed by atoms with Crippen LogP contribution in [0.15, 0.2) is 56.5 Å². The Bertz CT molecular complexity index is 1060. The second-order valence-corrected chi connectivity index (χ2v) is 8.00. The average molecular weight is 496 g/mol. The predicted molar refractivity (Wildman–Crippen MR) is 119 cm³/mol. The molecule has 0 aliphatic carbocycles. The fraction of sp³-hybridized carbons (Fsp3) is 0.143. The molecule has 0 radical (unpaired) electrons. The van der Waals surface area contributed by atoms with Crippen LogP contribution in [0.5, 0.6) is 5.75 Å². The minimum atomic E-state index is -0.388. The van der Waals surface area contributed by atoms with Crippen LogP contribution in [-0.2, 0) is 4.79 Å². The highest BCUT2D eigenvalue weighted by atomic mass is 79.9. The number of aryl methyl sites for hydroxylation is 2. The van der Waals surface area contributed by atoms with E-state index in [0.717, 1.165) is 15.6 Å². The van der Waals surface area contributed by atoms with Crippen LogP contribution in [0.1, 0.15) is 16.9 Å². The van der Waals surface area contributed by atoms with Crippen LogP contribution in [0.2, 0.25) is 10.0 Å². The smallest absolute Gasteiger partial charge is 0.277 e. The molecule has 150 valence electrons. The molecule has 0 spiro atoms. The van der Waals surface area contributed by atoms with Gasteiger partial charge in [0.15, 0.2) is 6.61 Å². The van der Waals surface area contributed by atoms with Gasteiger partial charge in [0.05, 0.1) is 15.7 Å². The van der Waals surface area contributed by atoms with Crippen molar-refractivity contribution in [1.82, 2.24) is 5.43 Å². The second-order valence-electron chi connectivity index (χ2n) is 6.30. The van der Waals surface area contributed by atoms with Crippen molar-refractivity contribution in [3.63, 3.8) is 0 Å². The first-order valence-corrected chi connectivity index (χ1v) is 10.1. The normalized spacial score (nSPS) is 11.1. The van der Waals surface area contributed by atoms with Gasteiger partial charge in [-0.1, -0.05) is 29.3 Å². The topological polar surface area (TPSA) is 63.8 Å². The predicted octanol–water partition coefficient (Wildman–Crippen LogP) is 6.16. The number of benzene rings is 2. The molecule has 5 nitrogen and oxygen atoms in total. The number of nitrogens with zero attached hydrogens (tertiary/aromatic N) is 1. The Balaban J connectivity index is 1.56. The van der Waals surface area contributed by atoms with Gasteiger partial charge in [-0.25, -0.2) is 5.43 Å². The monoisotopic (exact) mass is 494 g/mol. The molecule has 0 fully saturated rings. The van der Waals surface area contributed by atoms with Gasteiger partial charge in [0, 0.05) is 10.6 Å². The highest BCUT2D eigenvalue weighted by Gasteiger charge is 2.10. The summed E-state index contributed by atoms with van der Waals surface area (Å²) >= 11 is 15.5. The zero-order chi connectivity index (χ0) is 21.0. The van der Waals surface area contributed by atoms with Crippen LogP contribution in [-0.4, -0.2) is 18.7 Å². The van der Waals surface area contributed by atoms with Gasteiger partial charge in [-0.05, 0) is 77.3 Å². The van der Waals surface area contributed by atoms with E-state index in [9.17, 15) is 4.79 Å². The number of furan rings is 1.